The molecule has 1 saturated heterocycles. The Morgan fingerprint density at radius 3 is 2.88 bits per heavy atom. The SMILES string of the molecule is CC(C)CN1CCC[C@@H]1CN=C(N)Nc1ccc2c(c1)CCC2.I. The number of likely N-dealkylation sites (tertiary alicyclic amines) is 1. The molecule has 0 radical (unpaired) electrons. The number of nitrogens with one attached hydrogen (secondary N) is 1. The first-order valence-corrected chi connectivity index (χ1v) is 9.04. The quantitative estimate of drug-likeness (QED) is 0.416. The average Bonchev–Trinajstić information content (AvgIpc) is 3.13. The lowest BCUT2D eigenvalue weighted by Crippen LogP contribution is -2.35. The van der Waals surface area contributed by atoms with Gasteiger partial charge in [0.1, 0.15) is 0 Å². The first-order chi connectivity index (χ1) is 11.1. The first-order valence-electron chi connectivity index (χ1n) is 9.04. The lowest BCUT2D eigenvalue weighted by molar-refractivity contribution is 0.231. The molecule has 0 saturated carbocycles. The summed E-state index contributed by atoms with van der Waals surface area (Å²) in [5.74, 6) is 1.25. The maximum absolute atomic E-state index is 6.10. The van der Waals surface area contributed by atoms with Crippen LogP contribution in [0.3, 0.4) is 0 Å². The van der Waals surface area contributed by atoms with Gasteiger partial charge in [-0.3, -0.25) is 9.89 Å². The molecule has 1 atom stereocenters. The third-order valence-corrected chi connectivity index (χ3v) is 4.94. The van der Waals surface area contributed by atoms with Crippen molar-refractivity contribution in [3.8, 4) is 0 Å². The Morgan fingerprint density at radius 2 is 2.08 bits per heavy atom. The Bertz CT molecular complexity index is 570. The van der Waals surface area contributed by atoms with E-state index < -0.39 is 0 Å². The topological polar surface area (TPSA) is 53.6 Å². The number of aliphatic imine (C=N–C) groups is 1. The Kier molecular flexibility index (Phi) is 7.34. The van der Waals surface area contributed by atoms with Crippen molar-refractivity contribution >= 4 is 35.6 Å². The Balaban J connectivity index is 0.00000208. The fourth-order valence-corrected chi connectivity index (χ4v) is 3.85. The van der Waals surface area contributed by atoms with E-state index in [2.05, 4.69) is 47.3 Å². The summed E-state index contributed by atoms with van der Waals surface area (Å²) < 4.78 is 0. The van der Waals surface area contributed by atoms with Crippen LogP contribution in [0.5, 0.6) is 0 Å². The maximum Gasteiger partial charge on any atom is 0.193 e. The van der Waals surface area contributed by atoms with E-state index in [1.807, 2.05) is 0 Å². The van der Waals surface area contributed by atoms with Gasteiger partial charge in [0.15, 0.2) is 5.96 Å². The van der Waals surface area contributed by atoms with E-state index in [0.717, 1.165) is 12.2 Å². The third-order valence-electron chi connectivity index (χ3n) is 4.94. The standard InChI is InChI=1S/C19H30N4.HI/c1-14(2)13-23-10-4-7-18(23)12-21-19(20)22-17-9-8-15-5-3-6-16(15)11-17;/h8-9,11,14,18H,3-7,10,12-13H2,1-2H3,(H3,20,21,22);1H/t18-;/m1./s1. The Morgan fingerprint density at radius 1 is 1.29 bits per heavy atom. The molecule has 3 rings (SSSR count). The molecule has 1 fully saturated rings. The molecule has 0 unspecified atom stereocenters. The van der Waals surface area contributed by atoms with E-state index in [4.69, 9.17) is 5.73 Å². The van der Waals surface area contributed by atoms with Crippen LogP contribution in [0.2, 0.25) is 0 Å². The summed E-state index contributed by atoms with van der Waals surface area (Å²) in [6.07, 6.45) is 6.20. The van der Waals surface area contributed by atoms with Crippen molar-refractivity contribution in [3.63, 3.8) is 0 Å². The van der Waals surface area contributed by atoms with E-state index in [1.54, 1.807) is 0 Å². The van der Waals surface area contributed by atoms with Gasteiger partial charge >= 0.3 is 0 Å². The number of benzene rings is 1. The van der Waals surface area contributed by atoms with Gasteiger partial charge in [-0.05, 0) is 67.8 Å². The minimum absolute atomic E-state index is 0. The number of hydrogen-bond acceptors (Lipinski definition) is 2. The van der Waals surface area contributed by atoms with Crippen LogP contribution < -0.4 is 11.1 Å². The largest absolute Gasteiger partial charge is 0.370 e. The number of rotatable bonds is 5. The molecule has 134 valence electrons. The Hall–Kier alpha value is -0.820. The molecule has 0 amide bonds. The number of nitrogens with zero attached hydrogens (tertiary/aromatic N) is 2. The van der Waals surface area contributed by atoms with Crippen LogP contribution in [0.15, 0.2) is 23.2 Å². The summed E-state index contributed by atoms with van der Waals surface area (Å²) in [7, 11) is 0. The molecule has 4 nitrogen and oxygen atoms in total. The highest BCUT2D eigenvalue weighted by Crippen LogP contribution is 2.25. The number of aryl methyl sites for hydroxylation is 2. The molecule has 5 heteroatoms. The van der Waals surface area contributed by atoms with Crippen LogP contribution in [0.25, 0.3) is 0 Å². The highest BCUT2D eigenvalue weighted by Gasteiger charge is 2.24. The van der Waals surface area contributed by atoms with Gasteiger partial charge < -0.3 is 11.1 Å². The van der Waals surface area contributed by atoms with Gasteiger partial charge in [0.25, 0.3) is 0 Å². The Labute approximate surface area is 163 Å². The van der Waals surface area contributed by atoms with Crippen molar-refractivity contribution in [2.24, 2.45) is 16.6 Å². The molecule has 0 bridgehead atoms. The molecule has 24 heavy (non-hydrogen) atoms. The highest BCUT2D eigenvalue weighted by molar-refractivity contribution is 14.0. The summed E-state index contributed by atoms with van der Waals surface area (Å²) in [6.45, 7) is 7.73. The molecule has 2 aliphatic rings. The fraction of sp³-hybridized carbons (Fsp3) is 0.632. The van der Waals surface area contributed by atoms with Gasteiger partial charge in [0.05, 0.1) is 6.54 Å². The lowest BCUT2D eigenvalue weighted by atomic mass is 10.1. The van der Waals surface area contributed by atoms with Crippen LogP contribution in [-0.2, 0) is 12.8 Å². The number of anilines is 1. The summed E-state index contributed by atoms with van der Waals surface area (Å²) in [5, 5.41) is 3.26. The van der Waals surface area contributed by atoms with Crippen molar-refractivity contribution in [2.75, 3.05) is 25.0 Å². The van der Waals surface area contributed by atoms with Crippen molar-refractivity contribution in [1.29, 1.82) is 0 Å². The summed E-state index contributed by atoms with van der Waals surface area (Å²) >= 11 is 0. The summed E-state index contributed by atoms with van der Waals surface area (Å²) in [6, 6.07) is 7.12. The zero-order valence-corrected chi connectivity index (χ0v) is 17.3. The van der Waals surface area contributed by atoms with E-state index in [9.17, 15) is 0 Å². The van der Waals surface area contributed by atoms with Gasteiger partial charge in [0.2, 0.25) is 0 Å². The molecule has 0 aromatic heterocycles. The van der Waals surface area contributed by atoms with Gasteiger partial charge in [0, 0.05) is 18.3 Å². The molecule has 1 aliphatic carbocycles. The van der Waals surface area contributed by atoms with Crippen LogP contribution in [-0.4, -0.2) is 36.5 Å². The smallest absolute Gasteiger partial charge is 0.193 e. The molecule has 1 aliphatic heterocycles. The predicted molar refractivity (Wildman–Crippen MR) is 113 cm³/mol. The van der Waals surface area contributed by atoms with Crippen LogP contribution in [0.1, 0.15) is 44.2 Å². The van der Waals surface area contributed by atoms with E-state index >= 15 is 0 Å². The predicted octanol–water partition coefficient (Wildman–Crippen LogP) is 3.64. The average molecular weight is 442 g/mol. The maximum atomic E-state index is 6.10. The second-order valence-electron chi connectivity index (χ2n) is 7.37. The van der Waals surface area contributed by atoms with Crippen LogP contribution in [0, 0.1) is 5.92 Å². The molecular formula is C19H31IN4. The molecule has 1 aromatic rings. The summed E-state index contributed by atoms with van der Waals surface area (Å²) in [4.78, 5) is 7.16. The minimum Gasteiger partial charge on any atom is -0.370 e. The van der Waals surface area contributed by atoms with Crippen LogP contribution >= 0.6 is 24.0 Å². The third kappa shape index (κ3) is 5.09. The second-order valence-corrected chi connectivity index (χ2v) is 7.37. The van der Waals surface area contributed by atoms with Crippen LogP contribution in [0.4, 0.5) is 5.69 Å². The zero-order chi connectivity index (χ0) is 16.2. The van der Waals surface area contributed by atoms with Crippen molar-refractivity contribution in [3.05, 3.63) is 29.3 Å². The van der Waals surface area contributed by atoms with Gasteiger partial charge in [-0.25, -0.2) is 0 Å². The van der Waals surface area contributed by atoms with Crippen molar-refractivity contribution in [2.45, 2.75) is 52.0 Å². The highest BCUT2D eigenvalue weighted by atomic mass is 127. The van der Waals surface area contributed by atoms with Crippen molar-refractivity contribution in [1.82, 2.24) is 4.90 Å². The lowest BCUT2D eigenvalue weighted by Gasteiger charge is -2.25. The zero-order valence-electron chi connectivity index (χ0n) is 14.9. The molecule has 1 aromatic carbocycles. The monoisotopic (exact) mass is 442 g/mol. The second kappa shape index (κ2) is 9.04. The van der Waals surface area contributed by atoms with E-state index in [1.165, 1.54) is 56.3 Å². The summed E-state index contributed by atoms with van der Waals surface area (Å²) in [5.41, 5.74) is 10.1. The molecule has 1 heterocycles. The van der Waals surface area contributed by atoms with Crippen molar-refractivity contribution < 1.29 is 0 Å². The van der Waals surface area contributed by atoms with Gasteiger partial charge in [-0.15, -0.1) is 24.0 Å². The van der Waals surface area contributed by atoms with E-state index in [0.29, 0.717) is 17.9 Å². The number of fused-ring (bicyclic) bond motifs is 1. The number of nitrogens with two attached hydrogens (primary N) is 1. The van der Waals surface area contributed by atoms with Gasteiger partial charge in [-0.1, -0.05) is 19.9 Å². The number of halogens is 1. The normalized spacial score (nSPS) is 21.0. The molecular weight excluding hydrogens is 411 g/mol. The molecule has 3 N–H and O–H groups in total. The molecule has 0 spiro atoms. The number of guanidine groups is 1. The number of hydrogen-bond donors (Lipinski definition) is 2. The fourth-order valence-electron chi connectivity index (χ4n) is 3.85. The first kappa shape index (κ1) is 19.5. The van der Waals surface area contributed by atoms with E-state index in [-0.39, 0.29) is 24.0 Å². The minimum atomic E-state index is 0. The van der Waals surface area contributed by atoms with Gasteiger partial charge in [-0.2, -0.15) is 0 Å².